The number of carbonyl (C=O) groups excluding carboxylic acids is 1. The number of hydrogen-bond acceptors (Lipinski definition) is 6. The second-order valence-electron chi connectivity index (χ2n) is 13.2. The summed E-state index contributed by atoms with van der Waals surface area (Å²) < 4.78 is 49.9. The van der Waals surface area contributed by atoms with Crippen LogP contribution in [0.1, 0.15) is 30.0 Å². The van der Waals surface area contributed by atoms with E-state index < -0.39 is 25.5 Å². The lowest BCUT2D eigenvalue weighted by atomic mass is 9.87. The largest absolute Gasteiger partial charge is 0.450 e. The zero-order valence-corrected chi connectivity index (χ0v) is 27.5. The molecule has 236 valence electrons. The van der Waals surface area contributed by atoms with Gasteiger partial charge < -0.3 is 18.8 Å². The average molecular weight is 632 g/mol. The van der Waals surface area contributed by atoms with Crippen molar-refractivity contribution >= 4 is 24.9 Å². The second-order valence-corrected chi connectivity index (χ2v) is 18.8. The maximum Gasteiger partial charge on any atom is 0.198 e. The standard InChI is InChI=1S/C35H39F2N3O4Si/c1-22(26-19-43-20-26)13-27(41)14-25-15-30(36)34(31(37)16-25)44-32-8-9-39-35-33(32)29(28-7-6-24(17-38)12-23(28)2)18-40(35)21-42-10-11-45(3,4)5/h6-9,12,15-16,18,22,26H,10-11,13-14,19-21H2,1-5H3. The topological polar surface area (TPSA) is 86.4 Å². The first kappa shape index (κ1) is 32.5. The summed E-state index contributed by atoms with van der Waals surface area (Å²) in [4.78, 5) is 17.2. The molecule has 0 amide bonds. The number of rotatable bonds is 13. The predicted molar refractivity (Wildman–Crippen MR) is 172 cm³/mol. The van der Waals surface area contributed by atoms with Gasteiger partial charge in [-0.2, -0.15) is 5.26 Å². The van der Waals surface area contributed by atoms with Crippen molar-refractivity contribution in [1.82, 2.24) is 9.55 Å². The summed E-state index contributed by atoms with van der Waals surface area (Å²) in [6.07, 6.45) is 3.70. The molecular weight excluding hydrogens is 592 g/mol. The van der Waals surface area contributed by atoms with Crippen LogP contribution in [0.4, 0.5) is 8.78 Å². The molecule has 0 saturated carbocycles. The van der Waals surface area contributed by atoms with Gasteiger partial charge in [0.15, 0.2) is 17.4 Å². The lowest BCUT2D eigenvalue weighted by Crippen LogP contribution is -2.34. The van der Waals surface area contributed by atoms with Gasteiger partial charge in [0.1, 0.15) is 23.9 Å². The van der Waals surface area contributed by atoms with Gasteiger partial charge in [-0.3, -0.25) is 4.79 Å². The highest BCUT2D eigenvalue weighted by Gasteiger charge is 2.27. The van der Waals surface area contributed by atoms with Crippen LogP contribution in [0.3, 0.4) is 0 Å². The van der Waals surface area contributed by atoms with Crippen LogP contribution in [0.2, 0.25) is 25.7 Å². The minimum absolute atomic E-state index is 0.0613. The van der Waals surface area contributed by atoms with E-state index in [0.29, 0.717) is 48.8 Å². The smallest absolute Gasteiger partial charge is 0.198 e. The van der Waals surface area contributed by atoms with Crippen LogP contribution in [0.25, 0.3) is 22.2 Å². The number of aryl methyl sites for hydroxylation is 1. The molecule has 0 radical (unpaired) electrons. The molecule has 10 heteroatoms. The minimum atomic E-state index is -1.29. The fourth-order valence-corrected chi connectivity index (χ4v) is 6.24. The van der Waals surface area contributed by atoms with Crippen LogP contribution >= 0.6 is 0 Å². The molecule has 1 aliphatic rings. The number of halogens is 2. The molecule has 5 rings (SSSR count). The molecule has 4 aromatic rings. The van der Waals surface area contributed by atoms with Crippen LogP contribution in [-0.4, -0.2) is 43.2 Å². The summed E-state index contributed by atoms with van der Waals surface area (Å²) >= 11 is 0. The normalized spacial score (nSPS) is 14.3. The van der Waals surface area contributed by atoms with E-state index >= 15 is 8.78 Å². The maximum atomic E-state index is 15.4. The number of hydrogen-bond donors (Lipinski definition) is 0. The Kier molecular flexibility index (Phi) is 9.82. The molecule has 7 nitrogen and oxygen atoms in total. The number of benzene rings is 2. The van der Waals surface area contributed by atoms with Gasteiger partial charge in [-0.05, 0) is 65.9 Å². The summed E-state index contributed by atoms with van der Waals surface area (Å²) in [6, 6.07) is 12.4. The van der Waals surface area contributed by atoms with E-state index in [9.17, 15) is 10.1 Å². The minimum Gasteiger partial charge on any atom is -0.450 e. The van der Waals surface area contributed by atoms with Crippen LogP contribution in [0, 0.1) is 41.7 Å². The van der Waals surface area contributed by atoms with Gasteiger partial charge in [0, 0.05) is 51.4 Å². The van der Waals surface area contributed by atoms with Gasteiger partial charge in [-0.1, -0.05) is 32.6 Å². The molecule has 45 heavy (non-hydrogen) atoms. The van der Waals surface area contributed by atoms with Gasteiger partial charge in [0.2, 0.25) is 0 Å². The lowest BCUT2D eigenvalue weighted by molar-refractivity contribution is -0.121. The zero-order valence-electron chi connectivity index (χ0n) is 26.5. The maximum absolute atomic E-state index is 15.4. The summed E-state index contributed by atoms with van der Waals surface area (Å²) in [7, 11) is -1.29. The third-order valence-corrected chi connectivity index (χ3v) is 9.99. The first-order chi connectivity index (χ1) is 21.4. The number of nitrogens with zero attached hydrogens (tertiary/aromatic N) is 3. The van der Waals surface area contributed by atoms with Gasteiger partial charge in [-0.15, -0.1) is 0 Å². The van der Waals surface area contributed by atoms with Crippen LogP contribution in [-0.2, 0) is 27.4 Å². The monoisotopic (exact) mass is 631 g/mol. The van der Waals surface area contributed by atoms with Crippen molar-refractivity contribution in [3.05, 3.63) is 77.1 Å². The molecule has 1 unspecified atom stereocenters. The Balaban J connectivity index is 1.46. The molecule has 2 aromatic heterocycles. The van der Waals surface area contributed by atoms with Crippen molar-refractivity contribution in [3.8, 4) is 28.7 Å². The summed E-state index contributed by atoms with van der Waals surface area (Å²) in [6.45, 7) is 12.9. The third kappa shape index (κ3) is 7.67. The van der Waals surface area contributed by atoms with Gasteiger partial charge in [0.05, 0.1) is 30.2 Å². The number of Topliss-reactive ketones (excluding diaryl/α,β-unsaturated/α-hetero) is 1. The number of nitriles is 1. The number of ketones is 1. The Hall–Kier alpha value is -3.91. The van der Waals surface area contributed by atoms with Gasteiger partial charge in [-0.25, -0.2) is 13.8 Å². The fraction of sp³-hybridized carbons (Fsp3) is 0.400. The summed E-state index contributed by atoms with van der Waals surface area (Å²) in [5.74, 6) is -1.70. The molecule has 0 spiro atoms. The quantitative estimate of drug-likeness (QED) is 0.110. The fourth-order valence-electron chi connectivity index (χ4n) is 5.48. The van der Waals surface area contributed by atoms with E-state index in [-0.39, 0.29) is 36.2 Å². The van der Waals surface area contributed by atoms with E-state index in [0.717, 1.165) is 34.9 Å². The summed E-state index contributed by atoms with van der Waals surface area (Å²) in [5, 5.41) is 9.95. The lowest BCUT2D eigenvalue weighted by Gasteiger charge is -2.31. The first-order valence-corrected chi connectivity index (χ1v) is 19.0. The van der Waals surface area contributed by atoms with Crippen LogP contribution < -0.4 is 4.74 Å². The van der Waals surface area contributed by atoms with Crippen molar-refractivity contribution in [1.29, 1.82) is 5.26 Å². The van der Waals surface area contributed by atoms with E-state index in [1.54, 1.807) is 18.2 Å². The van der Waals surface area contributed by atoms with E-state index in [2.05, 4.69) is 30.7 Å². The molecule has 1 saturated heterocycles. The number of ether oxygens (including phenoxy) is 3. The Labute approximate surface area is 263 Å². The van der Waals surface area contributed by atoms with Crippen molar-refractivity contribution < 1.29 is 27.8 Å². The molecular formula is C35H39F2N3O4Si. The van der Waals surface area contributed by atoms with Gasteiger partial charge >= 0.3 is 0 Å². The highest BCUT2D eigenvalue weighted by atomic mass is 28.3. The molecule has 1 fully saturated rings. The average Bonchev–Trinajstić information content (AvgIpc) is 3.30. The molecule has 0 aliphatic carbocycles. The Morgan fingerprint density at radius 1 is 1.16 bits per heavy atom. The van der Waals surface area contributed by atoms with E-state index in [4.69, 9.17) is 14.2 Å². The molecule has 3 heterocycles. The first-order valence-electron chi connectivity index (χ1n) is 15.3. The molecule has 0 bridgehead atoms. The molecule has 1 aliphatic heterocycles. The van der Waals surface area contributed by atoms with Crippen LogP contribution in [0.15, 0.2) is 48.8 Å². The molecule has 2 aromatic carbocycles. The van der Waals surface area contributed by atoms with Crippen molar-refractivity contribution in [2.75, 3.05) is 19.8 Å². The van der Waals surface area contributed by atoms with E-state index in [1.807, 2.05) is 30.7 Å². The SMILES string of the molecule is Cc1cc(C#N)ccc1-c1cn(COCC[Si](C)(C)C)c2nccc(Oc3c(F)cc(CC(=O)CC(C)C4COC4)cc3F)c12. The Morgan fingerprint density at radius 2 is 1.89 bits per heavy atom. The van der Waals surface area contributed by atoms with Crippen molar-refractivity contribution in [2.24, 2.45) is 11.8 Å². The highest BCUT2D eigenvalue weighted by Crippen LogP contribution is 2.40. The highest BCUT2D eigenvalue weighted by molar-refractivity contribution is 6.76. The number of aromatic nitrogens is 2. The Bertz CT molecular complexity index is 1730. The number of pyridine rings is 1. The van der Waals surface area contributed by atoms with Gasteiger partial charge in [0.25, 0.3) is 0 Å². The number of carbonyl (C=O) groups is 1. The van der Waals surface area contributed by atoms with Crippen molar-refractivity contribution in [2.45, 2.75) is 59.1 Å². The molecule has 1 atom stereocenters. The third-order valence-electron chi connectivity index (χ3n) is 8.28. The second kappa shape index (κ2) is 13.6. The Morgan fingerprint density at radius 3 is 2.51 bits per heavy atom. The van der Waals surface area contributed by atoms with Crippen molar-refractivity contribution in [3.63, 3.8) is 0 Å². The van der Waals surface area contributed by atoms with Crippen LogP contribution in [0.5, 0.6) is 11.5 Å². The molecule has 0 N–H and O–H groups in total. The predicted octanol–water partition coefficient (Wildman–Crippen LogP) is 8.05. The van der Waals surface area contributed by atoms with E-state index in [1.165, 1.54) is 6.20 Å². The number of fused-ring (bicyclic) bond motifs is 1. The zero-order chi connectivity index (χ0) is 32.3. The summed E-state index contributed by atoms with van der Waals surface area (Å²) in [5.41, 5.74) is 3.74.